The molecule has 0 saturated heterocycles. The highest BCUT2D eigenvalue weighted by Gasteiger charge is 2.36. The Labute approximate surface area is 217 Å². The van der Waals surface area contributed by atoms with Gasteiger partial charge in [-0.1, -0.05) is 35.9 Å². The predicted octanol–water partition coefficient (Wildman–Crippen LogP) is 5.27. The Hall–Kier alpha value is -3.23. The number of aryl methyl sites for hydroxylation is 1. The summed E-state index contributed by atoms with van der Waals surface area (Å²) in [6.07, 6.45) is 0.514. The van der Waals surface area contributed by atoms with E-state index in [1.165, 1.54) is 12.1 Å². The molecule has 1 amide bonds. The SMILES string of the molecule is COc1ccc2c(c1)OC(C)(C)CC2NC(=O)CN(c1ccc(C)c(Cl)c1)S(=O)(=O)c1ccccc1. The van der Waals surface area contributed by atoms with E-state index in [1.54, 1.807) is 55.6 Å². The van der Waals surface area contributed by atoms with Gasteiger partial charge >= 0.3 is 0 Å². The molecule has 1 aliphatic heterocycles. The van der Waals surface area contributed by atoms with E-state index in [2.05, 4.69) is 5.32 Å². The maximum atomic E-state index is 13.6. The van der Waals surface area contributed by atoms with Gasteiger partial charge in [0, 0.05) is 23.1 Å². The van der Waals surface area contributed by atoms with Crippen molar-refractivity contribution in [2.45, 2.75) is 43.7 Å². The van der Waals surface area contributed by atoms with Gasteiger partial charge in [-0.2, -0.15) is 0 Å². The van der Waals surface area contributed by atoms with Crippen LogP contribution in [0.4, 0.5) is 5.69 Å². The predicted molar refractivity (Wildman–Crippen MR) is 140 cm³/mol. The molecule has 9 heteroatoms. The first kappa shape index (κ1) is 25.9. The van der Waals surface area contributed by atoms with E-state index in [0.717, 1.165) is 15.4 Å². The Morgan fingerprint density at radius 1 is 1.14 bits per heavy atom. The summed E-state index contributed by atoms with van der Waals surface area (Å²) in [5.41, 5.74) is 1.37. The number of anilines is 1. The number of nitrogens with one attached hydrogen (secondary N) is 1. The lowest BCUT2D eigenvalue weighted by molar-refractivity contribution is -0.120. The average Bonchev–Trinajstić information content (AvgIpc) is 2.83. The summed E-state index contributed by atoms with van der Waals surface area (Å²) in [6, 6.07) is 18.0. The van der Waals surface area contributed by atoms with Crippen LogP contribution in [-0.2, 0) is 14.8 Å². The first-order chi connectivity index (χ1) is 17.0. The second-order valence-electron chi connectivity index (χ2n) is 9.35. The molecule has 1 atom stereocenters. The van der Waals surface area contributed by atoms with Crippen LogP contribution in [0, 0.1) is 6.92 Å². The molecule has 4 rings (SSSR count). The molecule has 1 heterocycles. The monoisotopic (exact) mass is 528 g/mol. The lowest BCUT2D eigenvalue weighted by Gasteiger charge is -2.38. The molecule has 3 aromatic rings. The van der Waals surface area contributed by atoms with Crippen molar-refractivity contribution in [3.05, 3.63) is 82.9 Å². The largest absolute Gasteiger partial charge is 0.497 e. The third kappa shape index (κ3) is 5.44. The van der Waals surface area contributed by atoms with E-state index < -0.39 is 28.1 Å². The molecule has 0 bridgehead atoms. The number of carbonyl (C=O) groups excluding carboxylic acids is 1. The van der Waals surface area contributed by atoms with Crippen LogP contribution in [-0.4, -0.2) is 33.6 Å². The third-order valence-corrected chi connectivity index (χ3v) is 8.27. The molecule has 1 unspecified atom stereocenters. The van der Waals surface area contributed by atoms with Gasteiger partial charge in [-0.15, -0.1) is 0 Å². The summed E-state index contributed by atoms with van der Waals surface area (Å²) >= 11 is 6.31. The number of nitrogens with zero attached hydrogens (tertiary/aromatic N) is 1. The van der Waals surface area contributed by atoms with E-state index in [0.29, 0.717) is 28.6 Å². The van der Waals surface area contributed by atoms with E-state index in [4.69, 9.17) is 21.1 Å². The van der Waals surface area contributed by atoms with Crippen molar-refractivity contribution in [3.8, 4) is 11.5 Å². The van der Waals surface area contributed by atoms with Crippen molar-refractivity contribution < 1.29 is 22.7 Å². The number of fused-ring (bicyclic) bond motifs is 1. The number of carbonyl (C=O) groups is 1. The van der Waals surface area contributed by atoms with E-state index >= 15 is 0 Å². The number of hydrogen-bond donors (Lipinski definition) is 1. The summed E-state index contributed by atoms with van der Waals surface area (Å²) in [5, 5.41) is 3.43. The Bertz CT molecular complexity index is 1380. The second kappa shape index (κ2) is 10.0. The third-order valence-electron chi connectivity index (χ3n) is 6.08. The number of rotatable bonds is 7. The number of amides is 1. The number of halogens is 1. The molecule has 0 spiro atoms. The fourth-order valence-electron chi connectivity index (χ4n) is 4.23. The van der Waals surface area contributed by atoms with Crippen LogP contribution in [0.15, 0.2) is 71.6 Å². The topological polar surface area (TPSA) is 84.9 Å². The van der Waals surface area contributed by atoms with Crippen molar-refractivity contribution in [2.24, 2.45) is 0 Å². The average molecular weight is 529 g/mol. The van der Waals surface area contributed by atoms with Crippen molar-refractivity contribution in [1.29, 1.82) is 0 Å². The molecule has 0 saturated carbocycles. The lowest BCUT2D eigenvalue weighted by atomic mass is 9.89. The molecule has 1 aliphatic rings. The summed E-state index contributed by atoms with van der Waals surface area (Å²) in [5.74, 6) is 0.818. The quantitative estimate of drug-likeness (QED) is 0.451. The summed E-state index contributed by atoms with van der Waals surface area (Å²) in [4.78, 5) is 13.4. The van der Waals surface area contributed by atoms with E-state index in [1.807, 2.05) is 26.8 Å². The highest BCUT2D eigenvalue weighted by molar-refractivity contribution is 7.92. The first-order valence-electron chi connectivity index (χ1n) is 11.5. The molecule has 0 radical (unpaired) electrons. The summed E-state index contributed by atoms with van der Waals surface area (Å²) < 4.78 is 39.7. The molecule has 0 fully saturated rings. The van der Waals surface area contributed by atoms with Gasteiger partial charge in [-0.05, 0) is 62.7 Å². The highest BCUT2D eigenvalue weighted by Crippen LogP contribution is 2.41. The van der Waals surface area contributed by atoms with Crippen molar-refractivity contribution in [2.75, 3.05) is 18.0 Å². The maximum absolute atomic E-state index is 13.6. The number of hydrogen-bond acceptors (Lipinski definition) is 5. The van der Waals surface area contributed by atoms with Crippen LogP contribution < -0.4 is 19.1 Å². The molecule has 0 aromatic heterocycles. The Balaban J connectivity index is 1.66. The Morgan fingerprint density at radius 2 is 1.86 bits per heavy atom. The minimum absolute atomic E-state index is 0.0825. The molecule has 7 nitrogen and oxygen atoms in total. The van der Waals surface area contributed by atoms with Crippen LogP contribution in [0.1, 0.15) is 37.4 Å². The maximum Gasteiger partial charge on any atom is 0.264 e. The van der Waals surface area contributed by atoms with Crippen LogP contribution in [0.25, 0.3) is 0 Å². The number of ether oxygens (including phenoxy) is 2. The fraction of sp³-hybridized carbons (Fsp3) is 0.296. The van der Waals surface area contributed by atoms with Gasteiger partial charge in [-0.25, -0.2) is 8.42 Å². The van der Waals surface area contributed by atoms with Crippen molar-refractivity contribution in [3.63, 3.8) is 0 Å². The normalized spacial score (nSPS) is 16.4. The van der Waals surface area contributed by atoms with Gasteiger partial charge in [0.25, 0.3) is 10.0 Å². The van der Waals surface area contributed by atoms with Crippen LogP contribution in [0.3, 0.4) is 0 Å². The molecule has 0 aliphatic carbocycles. The van der Waals surface area contributed by atoms with E-state index in [-0.39, 0.29) is 10.9 Å². The minimum Gasteiger partial charge on any atom is -0.497 e. The number of benzene rings is 3. The lowest BCUT2D eigenvalue weighted by Crippen LogP contribution is -2.45. The van der Waals surface area contributed by atoms with Crippen molar-refractivity contribution >= 4 is 33.2 Å². The zero-order chi connectivity index (χ0) is 26.1. The summed E-state index contributed by atoms with van der Waals surface area (Å²) in [7, 11) is -2.46. The zero-order valence-corrected chi connectivity index (χ0v) is 22.2. The molecular weight excluding hydrogens is 500 g/mol. The Morgan fingerprint density at radius 3 is 2.53 bits per heavy atom. The standard InChI is InChI=1S/C27H29ClN2O5S/c1-18-10-11-19(14-23(18)28)30(36(32,33)21-8-6-5-7-9-21)17-26(31)29-24-16-27(2,3)35-25-15-20(34-4)12-13-22(24)25/h5-15,24H,16-17H2,1-4H3,(H,29,31). The van der Waals surface area contributed by atoms with Gasteiger partial charge in [0.15, 0.2) is 0 Å². The van der Waals surface area contributed by atoms with Gasteiger partial charge in [0.05, 0.1) is 23.7 Å². The highest BCUT2D eigenvalue weighted by atomic mass is 35.5. The Kier molecular flexibility index (Phi) is 7.20. The molecule has 1 N–H and O–H groups in total. The fourth-order valence-corrected chi connectivity index (χ4v) is 5.84. The van der Waals surface area contributed by atoms with Gasteiger partial charge < -0.3 is 14.8 Å². The van der Waals surface area contributed by atoms with E-state index in [9.17, 15) is 13.2 Å². The summed E-state index contributed by atoms with van der Waals surface area (Å²) in [6.45, 7) is 5.29. The molecule has 36 heavy (non-hydrogen) atoms. The van der Waals surface area contributed by atoms with Crippen LogP contribution >= 0.6 is 11.6 Å². The minimum atomic E-state index is -4.04. The second-order valence-corrected chi connectivity index (χ2v) is 11.6. The van der Waals surface area contributed by atoms with Gasteiger partial charge in [0.1, 0.15) is 23.6 Å². The van der Waals surface area contributed by atoms with Crippen molar-refractivity contribution in [1.82, 2.24) is 5.32 Å². The molecule has 190 valence electrons. The van der Waals surface area contributed by atoms with Gasteiger partial charge in [-0.3, -0.25) is 9.10 Å². The molecule has 3 aromatic carbocycles. The zero-order valence-electron chi connectivity index (χ0n) is 20.6. The molecular formula is C27H29ClN2O5S. The number of methoxy groups -OCH3 is 1. The van der Waals surface area contributed by atoms with Crippen LogP contribution in [0.2, 0.25) is 5.02 Å². The van der Waals surface area contributed by atoms with Crippen LogP contribution in [0.5, 0.6) is 11.5 Å². The van der Waals surface area contributed by atoms with Gasteiger partial charge in [0.2, 0.25) is 5.91 Å². The smallest absolute Gasteiger partial charge is 0.264 e. The first-order valence-corrected chi connectivity index (χ1v) is 13.3. The number of sulfonamides is 1.